The zero-order valence-corrected chi connectivity index (χ0v) is 39.9. The highest BCUT2D eigenvalue weighted by Crippen LogP contribution is 2.35. The van der Waals surface area contributed by atoms with E-state index in [0.29, 0.717) is 88.9 Å². The summed E-state index contributed by atoms with van der Waals surface area (Å²) in [6, 6.07) is 45.0. The number of nitrogens with zero attached hydrogens (tertiary/aromatic N) is 6. The van der Waals surface area contributed by atoms with E-state index in [1.807, 2.05) is 127 Å². The molecule has 0 spiro atoms. The van der Waals surface area contributed by atoms with Crippen LogP contribution < -0.4 is 9.80 Å². The number of likely N-dealkylation sites (N-methyl/N-ethyl adjacent to an activating group) is 2. The molecule has 0 bridgehead atoms. The molecule has 8 aromatic rings. The van der Waals surface area contributed by atoms with Crippen molar-refractivity contribution in [2.45, 2.75) is 6.61 Å². The molecule has 2 amide bonds. The lowest BCUT2D eigenvalue weighted by Gasteiger charge is -2.35. The van der Waals surface area contributed by atoms with Gasteiger partial charge in [-0.1, -0.05) is 78.9 Å². The van der Waals surface area contributed by atoms with Crippen molar-refractivity contribution in [1.29, 1.82) is 0 Å². The van der Waals surface area contributed by atoms with Crippen LogP contribution in [0.5, 0.6) is 11.8 Å². The molecule has 1 fully saturated rings. The lowest BCUT2D eigenvalue weighted by Crippen LogP contribution is -2.51. The molecule has 1 saturated heterocycles. The van der Waals surface area contributed by atoms with Gasteiger partial charge >= 0.3 is 5.97 Å². The van der Waals surface area contributed by atoms with Gasteiger partial charge in [0.15, 0.2) is 11.8 Å². The normalized spacial score (nSPS) is 13.7. The minimum absolute atomic E-state index is 0.0223. The summed E-state index contributed by atoms with van der Waals surface area (Å²) in [4.78, 5) is 63.0. The van der Waals surface area contributed by atoms with Crippen molar-refractivity contribution in [3.05, 3.63) is 179 Å². The fourth-order valence-electron chi connectivity index (χ4n) is 8.86. The van der Waals surface area contributed by atoms with Gasteiger partial charge in [-0.2, -0.15) is 0 Å². The van der Waals surface area contributed by atoms with Crippen molar-refractivity contribution in [2.24, 2.45) is 9.98 Å². The zero-order valence-electron chi connectivity index (χ0n) is 39.9. The number of methoxy groups -OCH3 is 2. The van der Waals surface area contributed by atoms with Gasteiger partial charge in [0.05, 0.1) is 66.3 Å². The average Bonchev–Trinajstić information content (AvgIpc) is 3.91. The van der Waals surface area contributed by atoms with Crippen LogP contribution in [0.3, 0.4) is 0 Å². The van der Waals surface area contributed by atoms with Gasteiger partial charge in [0.25, 0.3) is 0 Å². The van der Waals surface area contributed by atoms with E-state index < -0.39 is 5.97 Å². The maximum absolute atomic E-state index is 13.6. The minimum atomic E-state index is -0.482. The molecule has 9 rings (SSSR count). The summed E-state index contributed by atoms with van der Waals surface area (Å²) in [7, 11) is 6.49. The topological polar surface area (TPSA) is 179 Å². The Morgan fingerprint density at radius 3 is 1.44 bits per heavy atom. The number of esters is 1. The van der Waals surface area contributed by atoms with Gasteiger partial charge in [0.2, 0.25) is 11.8 Å². The van der Waals surface area contributed by atoms with Crippen LogP contribution in [0.25, 0.3) is 21.8 Å². The van der Waals surface area contributed by atoms with E-state index in [1.54, 1.807) is 49.2 Å². The monoisotopic (exact) mass is 950 g/mol. The van der Waals surface area contributed by atoms with Gasteiger partial charge in [0.1, 0.15) is 0 Å². The molecule has 3 heterocycles. The average molecular weight is 951 g/mol. The van der Waals surface area contributed by atoms with E-state index in [0.717, 1.165) is 33.3 Å². The lowest BCUT2D eigenvalue weighted by molar-refractivity contribution is -0.122. The van der Waals surface area contributed by atoms with Crippen LogP contribution in [0.2, 0.25) is 0 Å². The number of rotatable bonds is 15. The van der Waals surface area contributed by atoms with Crippen molar-refractivity contribution >= 4 is 73.8 Å². The molecule has 2 aromatic heterocycles. The Morgan fingerprint density at radius 2 is 1.00 bits per heavy atom. The van der Waals surface area contributed by atoms with Crippen molar-refractivity contribution in [3.63, 3.8) is 0 Å². The molecule has 4 N–H and O–H groups in total. The fourth-order valence-corrected chi connectivity index (χ4v) is 8.86. The number of benzene rings is 6. The summed E-state index contributed by atoms with van der Waals surface area (Å²) in [5.41, 5.74) is 9.23. The SMILES string of the molecule is COCc1ccc2c(C(=Nc3ccc(N(C)C(=O)CN4CCN(CC(=O)N(C)c5ccc(N=C(c6ccccc6)c6c(O)[nH]c7cc(C(=O)OC)ccc67)cc5)CC4)cc3)c3ccccc3)c(O)[nH]c2c1. The first-order valence-electron chi connectivity index (χ1n) is 23.2. The number of aliphatic imine (C=N–C) groups is 2. The second-order valence-electron chi connectivity index (χ2n) is 17.4. The number of aromatic nitrogens is 2. The Kier molecular flexibility index (Phi) is 14.2. The molecule has 0 aliphatic carbocycles. The van der Waals surface area contributed by atoms with Crippen LogP contribution in [0.4, 0.5) is 22.7 Å². The third-order valence-corrected chi connectivity index (χ3v) is 12.8. The van der Waals surface area contributed by atoms with Crippen LogP contribution in [-0.4, -0.2) is 127 Å². The second kappa shape index (κ2) is 21.1. The second-order valence-corrected chi connectivity index (χ2v) is 17.4. The van der Waals surface area contributed by atoms with Crippen molar-refractivity contribution < 1.29 is 34.1 Å². The highest BCUT2D eigenvalue weighted by Gasteiger charge is 2.25. The number of amides is 2. The zero-order chi connectivity index (χ0) is 49.6. The fraction of sp³-hybridized carbons (Fsp3) is 0.196. The molecular formula is C56H54N8O7. The van der Waals surface area contributed by atoms with E-state index in [-0.39, 0.29) is 36.7 Å². The largest absolute Gasteiger partial charge is 0.494 e. The molecule has 6 aromatic carbocycles. The summed E-state index contributed by atoms with van der Waals surface area (Å²) in [5.74, 6) is -0.663. The highest BCUT2D eigenvalue weighted by molar-refractivity contribution is 6.23. The van der Waals surface area contributed by atoms with Gasteiger partial charge in [-0.05, 0) is 72.3 Å². The van der Waals surface area contributed by atoms with Crippen LogP contribution in [-0.2, 0) is 25.7 Å². The van der Waals surface area contributed by atoms with Gasteiger partial charge in [-0.3, -0.25) is 19.4 Å². The third-order valence-electron chi connectivity index (χ3n) is 12.8. The number of nitrogens with one attached hydrogen (secondary N) is 2. The van der Waals surface area contributed by atoms with Crippen LogP contribution in [0, 0.1) is 0 Å². The standard InChI is InChI=1S/C56H54N8O7/c1-61(42-21-17-40(18-22-42)57-52(37-11-7-5-8-12-37)50-44-25-15-36(35-70-3)31-46(44)59-54(50)67)48(65)33-63-27-29-64(30-28-63)34-49(66)62(2)43-23-19-41(20-24-43)58-53(38-13-9-6-10-14-38)51-45-26-16-39(56(69)71-4)32-47(45)60-55(51)68/h5-26,31-32,59-60,67-68H,27-30,33-35H2,1-4H3. The number of fused-ring (bicyclic) bond motifs is 2. The Morgan fingerprint density at radius 1 is 0.563 bits per heavy atom. The minimum Gasteiger partial charge on any atom is -0.494 e. The predicted molar refractivity (Wildman–Crippen MR) is 278 cm³/mol. The first-order chi connectivity index (χ1) is 34.5. The van der Waals surface area contributed by atoms with E-state index >= 15 is 0 Å². The number of carbonyl (C=O) groups excluding carboxylic acids is 3. The summed E-state index contributed by atoms with van der Waals surface area (Å²) in [6.07, 6.45) is 0. The van der Waals surface area contributed by atoms with E-state index in [1.165, 1.54) is 7.11 Å². The number of carbonyl (C=O) groups is 3. The van der Waals surface area contributed by atoms with Crippen LogP contribution >= 0.6 is 0 Å². The molecule has 1 aliphatic rings. The number of ether oxygens (including phenoxy) is 2. The molecule has 360 valence electrons. The van der Waals surface area contributed by atoms with E-state index in [9.17, 15) is 24.6 Å². The van der Waals surface area contributed by atoms with Crippen molar-refractivity contribution in [3.8, 4) is 11.8 Å². The lowest BCUT2D eigenvalue weighted by atomic mass is 10.00. The van der Waals surface area contributed by atoms with Gasteiger partial charge in [0, 0.05) is 91.7 Å². The van der Waals surface area contributed by atoms with Crippen LogP contribution in [0.1, 0.15) is 38.2 Å². The Bertz CT molecular complexity index is 3270. The molecular weight excluding hydrogens is 897 g/mol. The number of piperazine rings is 1. The number of hydrogen-bond donors (Lipinski definition) is 4. The van der Waals surface area contributed by atoms with E-state index in [4.69, 9.17) is 19.5 Å². The predicted octanol–water partition coefficient (Wildman–Crippen LogP) is 8.58. The summed E-state index contributed by atoms with van der Waals surface area (Å²) >= 11 is 0. The third kappa shape index (κ3) is 10.5. The first kappa shape index (κ1) is 47.7. The van der Waals surface area contributed by atoms with Crippen molar-refractivity contribution in [2.75, 3.05) is 77.4 Å². The molecule has 0 saturated carbocycles. The van der Waals surface area contributed by atoms with Gasteiger partial charge < -0.3 is 39.5 Å². The first-order valence-corrected chi connectivity index (χ1v) is 23.2. The number of H-pyrrole nitrogens is 2. The number of anilines is 2. The quantitative estimate of drug-likeness (QED) is 0.0579. The number of aromatic amines is 2. The molecule has 0 atom stereocenters. The Balaban J connectivity index is 0.806. The number of hydrogen-bond acceptors (Lipinski definition) is 11. The van der Waals surface area contributed by atoms with Gasteiger partial charge in [-0.25, -0.2) is 14.8 Å². The molecule has 1 aliphatic heterocycles. The van der Waals surface area contributed by atoms with Crippen LogP contribution in [0.15, 0.2) is 156 Å². The maximum Gasteiger partial charge on any atom is 0.337 e. The molecule has 0 unspecified atom stereocenters. The molecule has 0 radical (unpaired) electrons. The summed E-state index contributed by atoms with van der Waals surface area (Å²) in [5, 5.41) is 23.8. The smallest absolute Gasteiger partial charge is 0.337 e. The highest BCUT2D eigenvalue weighted by atomic mass is 16.5. The molecule has 71 heavy (non-hydrogen) atoms. The Hall–Kier alpha value is -8.37. The van der Waals surface area contributed by atoms with E-state index in [2.05, 4.69) is 19.8 Å². The van der Waals surface area contributed by atoms with Crippen molar-refractivity contribution in [1.82, 2.24) is 19.8 Å². The molecule has 15 nitrogen and oxygen atoms in total. The van der Waals surface area contributed by atoms with Gasteiger partial charge in [-0.15, -0.1) is 0 Å². The summed E-state index contributed by atoms with van der Waals surface area (Å²) in [6.45, 7) is 3.45. The number of aromatic hydroxyl groups is 2. The maximum atomic E-state index is 13.6. The molecule has 15 heteroatoms. The summed E-state index contributed by atoms with van der Waals surface area (Å²) < 4.78 is 10.2. The Labute approximate surface area is 410 Å².